The van der Waals surface area contributed by atoms with Crippen molar-refractivity contribution < 1.29 is 9.53 Å². The lowest BCUT2D eigenvalue weighted by Gasteiger charge is -2.11. The molecule has 0 unspecified atom stereocenters. The van der Waals surface area contributed by atoms with E-state index in [9.17, 15) is 4.79 Å². The van der Waals surface area contributed by atoms with Crippen LogP contribution in [-0.2, 0) is 4.74 Å². The van der Waals surface area contributed by atoms with Crippen molar-refractivity contribution >= 4 is 11.5 Å². The van der Waals surface area contributed by atoms with Gasteiger partial charge in [0.2, 0.25) is 11.5 Å². The molecule has 0 N–H and O–H groups in total. The molecule has 0 saturated carbocycles. The molecule has 0 bridgehead atoms. The highest BCUT2D eigenvalue weighted by molar-refractivity contribution is 6.18. The van der Waals surface area contributed by atoms with Gasteiger partial charge in [-0.05, 0) is 24.6 Å². The molecule has 3 nitrogen and oxygen atoms in total. The number of rotatable bonds is 3. The molecule has 100 valence electrons. The lowest BCUT2D eigenvalue weighted by Crippen LogP contribution is -2.28. The van der Waals surface area contributed by atoms with Gasteiger partial charge in [-0.15, -0.1) is 0 Å². The number of Topliss-reactive ketones (excluding diaryl/α,β-unsaturated/α-hetero) is 1. The molecule has 2 heterocycles. The first-order chi connectivity index (χ1) is 9.80. The molecule has 4 rings (SSSR count). The van der Waals surface area contributed by atoms with Crippen LogP contribution in [0.3, 0.4) is 0 Å². The van der Waals surface area contributed by atoms with Gasteiger partial charge in [0, 0.05) is 12.2 Å². The molecule has 0 amide bonds. The predicted molar refractivity (Wildman–Crippen MR) is 76.8 cm³/mol. The van der Waals surface area contributed by atoms with E-state index in [2.05, 4.69) is 17.0 Å². The van der Waals surface area contributed by atoms with Crippen LogP contribution in [0.2, 0.25) is 0 Å². The fourth-order valence-corrected chi connectivity index (χ4v) is 3.34. The second-order valence-electron chi connectivity index (χ2n) is 5.16. The summed E-state index contributed by atoms with van der Waals surface area (Å²) in [6.45, 7) is 2.46. The summed E-state index contributed by atoms with van der Waals surface area (Å²) >= 11 is 0. The minimum absolute atomic E-state index is 0.00560. The maximum Gasteiger partial charge on any atom is 0.231 e. The molecule has 0 radical (unpaired) electrons. The molecule has 0 aliphatic carbocycles. The molecular weight excluding hydrogens is 250 g/mol. The average molecular weight is 265 g/mol. The highest BCUT2D eigenvalue weighted by atomic mass is 16.5. The van der Waals surface area contributed by atoms with Gasteiger partial charge in [-0.1, -0.05) is 42.5 Å². The Kier molecular flexibility index (Phi) is 2.30. The first kappa shape index (κ1) is 11.7. The summed E-state index contributed by atoms with van der Waals surface area (Å²) in [6, 6.07) is 17.9. The molecule has 2 aliphatic heterocycles. The summed E-state index contributed by atoms with van der Waals surface area (Å²) < 4.78 is 5.90. The van der Waals surface area contributed by atoms with Crippen LogP contribution in [0, 0.1) is 0 Å². The number of ketones is 1. The van der Waals surface area contributed by atoms with E-state index in [0.717, 1.165) is 16.8 Å². The Hall–Kier alpha value is -2.13. The number of hydrogen-bond donors (Lipinski definition) is 0. The number of carbonyl (C=O) groups excluding carboxylic acids is 1. The second-order valence-corrected chi connectivity index (χ2v) is 5.16. The Morgan fingerprint density at radius 3 is 2.55 bits per heavy atom. The van der Waals surface area contributed by atoms with E-state index in [1.54, 1.807) is 0 Å². The predicted octanol–water partition coefficient (Wildman–Crippen LogP) is 3.18. The van der Waals surface area contributed by atoms with E-state index < -0.39 is 5.72 Å². The van der Waals surface area contributed by atoms with Crippen molar-refractivity contribution in [1.82, 2.24) is 0 Å². The summed E-state index contributed by atoms with van der Waals surface area (Å²) in [5.41, 5.74) is 2.08. The molecule has 2 aromatic carbocycles. The van der Waals surface area contributed by atoms with Gasteiger partial charge in [0.05, 0.1) is 5.69 Å². The molecule has 2 atom stereocenters. The number of nitrogens with zero attached hydrogens (tertiary/aromatic N) is 1. The lowest BCUT2D eigenvalue weighted by atomic mass is 9.99. The Bertz CT molecular complexity index is 676. The normalized spacial score (nSPS) is 26.4. The number of hydrogen-bond acceptors (Lipinski definition) is 3. The standard InChI is InChI=1S/C17H15NO2/c1-2-20-17-15(12-8-4-3-5-9-12)18(17)14-11-7-6-10-13(14)16(17)19/h3-11,15H,2H2,1H3/t15-,17+,18?/m0/s1. The fraction of sp³-hybridized carbons (Fsp3) is 0.235. The SMILES string of the molecule is CCO[C@]12C(=O)c3ccccc3N1[C@H]2c1ccccc1. The summed E-state index contributed by atoms with van der Waals surface area (Å²) in [5, 5.41) is 0. The highest BCUT2D eigenvalue weighted by Crippen LogP contribution is 2.63. The van der Waals surface area contributed by atoms with Gasteiger partial charge in [0.25, 0.3) is 0 Å². The van der Waals surface area contributed by atoms with Crippen molar-refractivity contribution in [1.29, 1.82) is 0 Å². The third-order valence-corrected chi connectivity index (χ3v) is 4.13. The molecular formula is C17H15NO2. The quantitative estimate of drug-likeness (QED) is 0.798. The van der Waals surface area contributed by atoms with E-state index in [1.165, 1.54) is 0 Å². The van der Waals surface area contributed by atoms with Gasteiger partial charge in [-0.25, -0.2) is 0 Å². The number of anilines is 1. The van der Waals surface area contributed by atoms with Gasteiger partial charge in [-0.2, -0.15) is 0 Å². The molecule has 0 aromatic heterocycles. The molecule has 1 fully saturated rings. The number of benzene rings is 2. The first-order valence-corrected chi connectivity index (χ1v) is 6.92. The van der Waals surface area contributed by atoms with Gasteiger partial charge in [0.1, 0.15) is 6.04 Å². The molecule has 20 heavy (non-hydrogen) atoms. The minimum atomic E-state index is -0.806. The zero-order chi connectivity index (χ0) is 13.7. The summed E-state index contributed by atoms with van der Waals surface area (Å²) in [7, 11) is 0. The maximum atomic E-state index is 12.8. The van der Waals surface area contributed by atoms with Crippen molar-refractivity contribution in [3.05, 3.63) is 65.7 Å². The number of ether oxygens (including phenoxy) is 1. The zero-order valence-electron chi connectivity index (χ0n) is 11.2. The summed E-state index contributed by atoms with van der Waals surface area (Å²) in [4.78, 5) is 14.9. The molecule has 3 heteroatoms. The van der Waals surface area contributed by atoms with Crippen molar-refractivity contribution in [3.63, 3.8) is 0 Å². The lowest BCUT2D eigenvalue weighted by molar-refractivity contribution is 0.0340. The van der Waals surface area contributed by atoms with Gasteiger partial charge < -0.3 is 9.64 Å². The monoisotopic (exact) mass is 265 g/mol. The number of carbonyl (C=O) groups is 1. The van der Waals surface area contributed by atoms with E-state index in [1.807, 2.05) is 49.4 Å². The molecule has 2 aromatic rings. The second kappa shape index (κ2) is 3.93. The average Bonchev–Trinajstić information content (AvgIpc) is 3.10. The summed E-state index contributed by atoms with van der Waals surface area (Å²) in [6.07, 6.45) is 0. The van der Waals surface area contributed by atoms with Crippen LogP contribution in [0.15, 0.2) is 54.6 Å². The summed E-state index contributed by atoms with van der Waals surface area (Å²) in [5.74, 6) is 0.0869. The van der Waals surface area contributed by atoms with E-state index in [4.69, 9.17) is 4.74 Å². The highest BCUT2D eigenvalue weighted by Gasteiger charge is 2.74. The Morgan fingerprint density at radius 2 is 1.80 bits per heavy atom. The largest absolute Gasteiger partial charge is 0.347 e. The molecule has 0 spiro atoms. The zero-order valence-corrected chi connectivity index (χ0v) is 11.2. The van der Waals surface area contributed by atoms with E-state index in [0.29, 0.717) is 6.61 Å². The number of para-hydroxylation sites is 1. The minimum Gasteiger partial charge on any atom is -0.347 e. The molecule has 2 aliphatic rings. The van der Waals surface area contributed by atoms with Gasteiger partial charge in [0.15, 0.2) is 0 Å². The maximum absolute atomic E-state index is 12.8. The third-order valence-electron chi connectivity index (χ3n) is 4.13. The number of fused-ring (bicyclic) bond motifs is 3. The molecule has 1 saturated heterocycles. The Morgan fingerprint density at radius 1 is 1.10 bits per heavy atom. The van der Waals surface area contributed by atoms with Crippen molar-refractivity contribution in [2.75, 3.05) is 11.5 Å². The van der Waals surface area contributed by atoms with Crippen LogP contribution in [0.1, 0.15) is 28.9 Å². The first-order valence-electron chi connectivity index (χ1n) is 6.92. The smallest absolute Gasteiger partial charge is 0.231 e. The van der Waals surface area contributed by atoms with Crippen LogP contribution in [0.5, 0.6) is 0 Å². The van der Waals surface area contributed by atoms with Gasteiger partial charge in [-0.3, -0.25) is 4.79 Å². The van der Waals surface area contributed by atoms with E-state index in [-0.39, 0.29) is 11.8 Å². The van der Waals surface area contributed by atoms with Crippen LogP contribution < -0.4 is 4.90 Å². The van der Waals surface area contributed by atoms with Gasteiger partial charge >= 0.3 is 0 Å². The van der Waals surface area contributed by atoms with Crippen molar-refractivity contribution in [2.45, 2.75) is 18.7 Å². The topological polar surface area (TPSA) is 29.3 Å². The van der Waals surface area contributed by atoms with E-state index >= 15 is 0 Å². The van der Waals surface area contributed by atoms with Crippen LogP contribution in [0.25, 0.3) is 0 Å². The van der Waals surface area contributed by atoms with Crippen molar-refractivity contribution in [3.8, 4) is 0 Å². The fourth-order valence-electron chi connectivity index (χ4n) is 3.34. The van der Waals surface area contributed by atoms with Crippen LogP contribution in [0.4, 0.5) is 5.69 Å². The van der Waals surface area contributed by atoms with Crippen molar-refractivity contribution in [2.24, 2.45) is 0 Å². The third kappa shape index (κ3) is 1.26. The van der Waals surface area contributed by atoms with Crippen LogP contribution in [-0.4, -0.2) is 18.1 Å². The Balaban J connectivity index is 1.84. The Labute approximate surface area is 117 Å². The van der Waals surface area contributed by atoms with Crippen LogP contribution >= 0.6 is 0 Å².